The van der Waals surface area contributed by atoms with Gasteiger partial charge in [0.1, 0.15) is 5.75 Å². The number of methoxy groups -OCH3 is 1. The molecule has 1 aromatic carbocycles. The summed E-state index contributed by atoms with van der Waals surface area (Å²) in [5.74, 6) is 0.956. The molecule has 19 heavy (non-hydrogen) atoms. The molecule has 0 aromatic heterocycles. The summed E-state index contributed by atoms with van der Waals surface area (Å²) in [5, 5.41) is 3.39. The number of rotatable bonds is 5. The summed E-state index contributed by atoms with van der Waals surface area (Å²) < 4.78 is 5.45. The van der Waals surface area contributed by atoms with Crippen LogP contribution in [0.1, 0.15) is 12.5 Å². The highest BCUT2D eigenvalue weighted by molar-refractivity contribution is 5.34. The van der Waals surface area contributed by atoms with E-state index >= 15 is 0 Å². The summed E-state index contributed by atoms with van der Waals surface area (Å²) in [6, 6.07) is 8.22. The topological polar surface area (TPSA) is 50.5 Å². The molecule has 0 bridgehead atoms. The number of hydrogen-bond donors (Lipinski definition) is 2. The van der Waals surface area contributed by atoms with Crippen LogP contribution in [-0.4, -0.2) is 50.3 Å². The third-order valence-electron chi connectivity index (χ3n) is 4.08. The Balaban J connectivity index is 2.16. The third kappa shape index (κ3) is 3.26. The molecule has 1 atom stereocenters. The van der Waals surface area contributed by atoms with Crippen LogP contribution in [-0.2, 0) is 6.42 Å². The number of benzene rings is 1. The molecule has 4 heteroatoms. The molecule has 1 heterocycles. The fourth-order valence-electron chi connectivity index (χ4n) is 2.78. The molecule has 1 saturated heterocycles. The van der Waals surface area contributed by atoms with Crippen molar-refractivity contribution in [3.05, 3.63) is 29.8 Å². The smallest absolute Gasteiger partial charge is 0.122 e. The minimum atomic E-state index is -0.00324. The summed E-state index contributed by atoms with van der Waals surface area (Å²) in [4.78, 5) is 2.50. The van der Waals surface area contributed by atoms with E-state index in [1.165, 1.54) is 5.56 Å². The molecule has 0 spiro atoms. The van der Waals surface area contributed by atoms with Crippen molar-refractivity contribution in [2.45, 2.75) is 18.9 Å². The second-order valence-corrected chi connectivity index (χ2v) is 5.43. The Kier molecular flexibility index (Phi) is 4.80. The molecule has 3 N–H and O–H groups in total. The fourth-order valence-corrected chi connectivity index (χ4v) is 2.78. The first kappa shape index (κ1) is 14.3. The van der Waals surface area contributed by atoms with E-state index in [9.17, 15) is 0 Å². The van der Waals surface area contributed by atoms with Crippen LogP contribution in [0.3, 0.4) is 0 Å². The fraction of sp³-hybridized carbons (Fsp3) is 0.600. The minimum Gasteiger partial charge on any atom is -0.496 e. The third-order valence-corrected chi connectivity index (χ3v) is 4.08. The lowest BCUT2D eigenvalue weighted by Crippen LogP contribution is -2.59. The van der Waals surface area contributed by atoms with Gasteiger partial charge in [-0.3, -0.25) is 4.90 Å². The van der Waals surface area contributed by atoms with Crippen molar-refractivity contribution in [3.8, 4) is 5.75 Å². The molecule has 1 aliphatic heterocycles. The van der Waals surface area contributed by atoms with E-state index in [-0.39, 0.29) is 5.54 Å². The number of para-hydroxylation sites is 1. The highest BCUT2D eigenvalue weighted by atomic mass is 16.5. The van der Waals surface area contributed by atoms with E-state index in [0.717, 1.165) is 38.3 Å². The van der Waals surface area contributed by atoms with E-state index in [0.29, 0.717) is 6.54 Å². The Labute approximate surface area is 115 Å². The average Bonchev–Trinajstić information content (AvgIpc) is 2.48. The summed E-state index contributed by atoms with van der Waals surface area (Å²) in [6.07, 6.45) is 0.924. The van der Waals surface area contributed by atoms with Gasteiger partial charge in [-0.1, -0.05) is 18.2 Å². The maximum Gasteiger partial charge on any atom is 0.122 e. The van der Waals surface area contributed by atoms with Gasteiger partial charge in [0.15, 0.2) is 0 Å². The Morgan fingerprint density at radius 1 is 1.32 bits per heavy atom. The van der Waals surface area contributed by atoms with Crippen LogP contribution in [0.5, 0.6) is 5.75 Å². The Bertz CT molecular complexity index is 404. The molecule has 0 amide bonds. The maximum atomic E-state index is 6.07. The normalized spacial score (nSPS) is 19.9. The van der Waals surface area contributed by atoms with Gasteiger partial charge in [0.05, 0.1) is 7.11 Å². The van der Waals surface area contributed by atoms with Crippen LogP contribution in [0.15, 0.2) is 24.3 Å². The minimum absolute atomic E-state index is 0.00324. The lowest BCUT2D eigenvalue weighted by atomic mass is 9.90. The van der Waals surface area contributed by atoms with Crippen molar-refractivity contribution in [3.63, 3.8) is 0 Å². The van der Waals surface area contributed by atoms with Gasteiger partial charge in [0, 0.05) is 38.3 Å². The molecule has 1 aliphatic rings. The van der Waals surface area contributed by atoms with Crippen LogP contribution in [0, 0.1) is 0 Å². The van der Waals surface area contributed by atoms with Gasteiger partial charge in [-0.15, -0.1) is 0 Å². The van der Waals surface area contributed by atoms with Crippen molar-refractivity contribution >= 4 is 0 Å². The van der Waals surface area contributed by atoms with Crippen molar-refractivity contribution in [1.29, 1.82) is 0 Å². The van der Waals surface area contributed by atoms with Gasteiger partial charge in [-0.2, -0.15) is 0 Å². The lowest BCUT2D eigenvalue weighted by molar-refractivity contribution is 0.0940. The zero-order chi connectivity index (χ0) is 13.7. The van der Waals surface area contributed by atoms with Crippen molar-refractivity contribution in [2.75, 3.05) is 39.8 Å². The Morgan fingerprint density at radius 2 is 2.00 bits per heavy atom. The van der Waals surface area contributed by atoms with Gasteiger partial charge < -0.3 is 15.8 Å². The van der Waals surface area contributed by atoms with Gasteiger partial charge in [-0.25, -0.2) is 0 Å². The zero-order valence-electron chi connectivity index (χ0n) is 12.0. The molecule has 1 fully saturated rings. The molecule has 2 rings (SSSR count). The van der Waals surface area contributed by atoms with Crippen molar-refractivity contribution in [1.82, 2.24) is 10.2 Å². The zero-order valence-corrected chi connectivity index (χ0v) is 12.0. The van der Waals surface area contributed by atoms with E-state index < -0.39 is 0 Å². The standard InChI is InChI=1S/C15H25N3O/c1-15(12-16,18-9-7-17-8-10-18)11-13-5-3-4-6-14(13)19-2/h3-6,17H,7-12,16H2,1-2H3. The van der Waals surface area contributed by atoms with Crippen LogP contribution < -0.4 is 15.8 Å². The SMILES string of the molecule is COc1ccccc1CC(C)(CN)N1CCNCC1. The molecule has 106 valence electrons. The number of nitrogens with zero attached hydrogens (tertiary/aromatic N) is 1. The van der Waals surface area contributed by atoms with Gasteiger partial charge in [0.25, 0.3) is 0 Å². The van der Waals surface area contributed by atoms with Gasteiger partial charge >= 0.3 is 0 Å². The number of nitrogens with one attached hydrogen (secondary N) is 1. The van der Waals surface area contributed by atoms with E-state index in [4.69, 9.17) is 10.5 Å². The van der Waals surface area contributed by atoms with Crippen LogP contribution in [0.4, 0.5) is 0 Å². The second kappa shape index (κ2) is 6.37. The summed E-state index contributed by atoms with van der Waals surface area (Å²) >= 11 is 0. The quantitative estimate of drug-likeness (QED) is 0.827. The molecule has 0 aliphatic carbocycles. The van der Waals surface area contributed by atoms with Crippen LogP contribution >= 0.6 is 0 Å². The molecular formula is C15H25N3O. The molecule has 0 radical (unpaired) electrons. The number of nitrogens with two attached hydrogens (primary N) is 1. The Hall–Kier alpha value is -1.10. The summed E-state index contributed by atoms with van der Waals surface area (Å²) in [7, 11) is 1.73. The predicted molar refractivity (Wildman–Crippen MR) is 78.6 cm³/mol. The second-order valence-electron chi connectivity index (χ2n) is 5.43. The number of ether oxygens (including phenoxy) is 1. The first-order chi connectivity index (χ1) is 9.19. The van der Waals surface area contributed by atoms with E-state index in [2.05, 4.69) is 29.3 Å². The average molecular weight is 263 g/mol. The van der Waals surface area contributed by atoms with E-state index in [1.807, 2.05) is 12.1 Å². The first-order valence-corrected chi connectivity index (χ1v) is 6.97. The maximum absolute atomic E-state index is 6.07. The first-order valence-electron chi connectivity index (χ1n) is 6.97. The molecule has 0 saturated carbocycles. The van der Waals surface area contributed by atoms with Crippen molar-refractivity contribution in [2.24, 2.45) is 5.73 Å². The van der Waals surface area contributed by atoms with Gasteiger partial charge in [0.2, 0.25) is 0 Å². The highest BCUT2D eigenvalue weighted by Gasteiger charge is 2.32. The van der Waals surface area contributed by atoms with Crippen molar-refractivity contribution < 1.29 is 4.74 Å². The van der Waals surface area contributed by atoms with Crippen LogP contribution in [0.2, 0.25) is 0 Å². The lowest BCUT2D eigenvalue weighted by Gasteiger charge is -2.43. The monoisotopic (exact) mass is 263 g/mol. The summed E-state index contributed by atoms with van der Waals surface area (Å²) in [6.45, 7) is 7.12. The van der Waals surface area contributed by atoms with Gasteiger partial charge in [-0.05, 0) is 25.0 Å². The molecule has 1 aromatic rings. The molecule has 1 unspecified atom stereocenters. The number of piperazine rings is 1. The van der Waals surface area contributed by atoms with E-state index in [1.54, 1.807) is 7.11 Å². The van der Waals surface area contributed by atoms with Crippen LogP contribution in [0.25, 0.3) is 0 Å². The summed E-state index contributed by atoms with van der Waals surface area (Å²) in [5.41, 5.74) is 7.30. The Morgan fingerprint density at radius 3 is 2.63 bits per heavy atom. The largest absolute Gasteiger partial charge is 0.496 e. The number of hydrogen-bond acceptors (Lipinski definition) is 4. The molecular weight excluding hydrogens is 238 g/mol. The highest BCUT2D eigenvalue weighted by Crippen LogP contribution is 2.26. The predicted octanol–water partition coefficient (Wildman–Crippen LogP) is 0.860. The molecule has 4 nitrogen and oxygen atoms in total.